The zero-order valence-corrected chi connectivity index (χ0v) is 12.6. The Kier molecular flexibility index (Phi) is 5.54. The van der Waals surface area contributed by atoms with Gasteiger partial charge in [-0.25, -0.2) is 4.79 Å². The molecule has 2 atom stereocenters. The van der Waals surface area contributed by atoms with Crippen molar-refractivity contribution in [1.82, 2.24) is 9.80 Å². The molecule has 0 saturated carbocycles. The molecule has 114 valence electrons. The maximum absolute atomic E-state index is 12.6. The van der Waals surface area contributed by atoms with Crippen molar-refractivity contribution in [2.45, 2.75) is 31.9 Å². The van der Waals surface area contributed by atoms with Gasteiger partial charge in [0.05, 0.1) is 25.2 Å². The standard InChI is InChI=1S/C13H22N2O4S/c1-2-11-8-14(3-5-19-11)13(18)15-4-6-20-9-10(15)7-12(16)17/h10-11H,2-9H2,1H3,(H,16,17). The molecule has 1 N–H and O–H groups in total. The Labute approximate surface area is 123 Å². The first-order chi connectivity index (χ1) is 9.61. The van der Waals surface area contributed by atoms with Gasteiger partial charge in [0.2, 0.25) is 0 Å². The van der Waals surface area contributed by atoms with E-state index >= 15 is 0 Å². The summed E-state index contributed by atoms with van der Waals surface area (Å²) in [6, 6.07) is -0.222. The number of rotatable bonds is 3. The van der Waals surface area contributed by atoms with E-state index in [-0.39, 0.29) is 24.6 Å². The number of carboxylic acids is 1. The van der Waals surface area contributed by atoms with Gasteiger partial charge in [0, 0.05) is 31.1 Å². The molecule has 2 fully saturated rings. The smallest absolute Gasteiger partial charge is 0.320 e. The van der Waals surface area contributed by atoms with Crippen LogP contribution in [0.5, 0.6) is 0 Å². The number of carboxylic acid groups (broad SMARTS) is 1. The number of amides is 2. The number of carbonyl (C=O) groups is 2. The van der Waals surface area contributed by atoms with Crippen LogP contribution in [-0.2, 0) is 9.53 Å². The summed E-state index contributed by atoms with van der Waals surface area (Å²) < 4.78 is 5.58. The summed E-state index contributed by atoms with van der Waals surface area (Å²) in [5.74, 6) is 0.743. The Morgan fingerprint density at radius 2 is 2.20 bits per heavy atom. The van der Waals surface area contributed by atoms with Crippen LogP contribution in [0.1, 0.15) is 19.8 Å². The zero-order chi connectivity index (χ0) is 14.5. The molecule has 7 heteroatoms. The Bertz CT molecular complexity index is 366. The molecule has 0 aliphatic carbocycles. The largest absolute Gasteiger partial charge is 0.481 e. The van der Waals surface area contributed by atoms with Gasteiger partial charge >= 0.3 is 12.0 Å². The zero-order valence-electron chi connectivity index (χ0n) is 11.8. The topological polar surface area (TPSA) is 70.1 Å². The van der Waals surface area contributed by atoms with Gasteiger partial charge in [-0.05, 0) is 6.42 Å². The first kappa shape index (κ1) is 15.4. The second-order valence-corrected chi connectivity index (χ2v) is 6.30. The van der Waals surface area contributed by atoms with Crippen LogP contribution in [0.2, 0.25) is 0 Å². The van der Waals surface area contributed by atoms with E-state index in [1.807, 2.05) is 11.8 Å². The third kappa shape index (κ3) is 3.79. The van der Waals surface area contributed by atoms with Gasteiger partial charge in [-0.3, -0.25) is 4.79 Å². The molecule has 20 heavy (non-hydrogen) atoms. The summed E-state index contributed by atoms with van der Waals surface area (Å²) in [4.78, 5) is 27.1. The van der Waals surface area contributed by atoms with Crippen molar-refractivity contribution in [3.63, 3.8) is 0 Å². The summed E-state index contributed by atoms with van der Waals surface area (Å²) in [6.45, 7) is 4.45. The molecule has 0 spiro atoms. The third-order valence-corrected chi connectivity index (χ3v) is 4.84. The van der Waals surface area contributed by atoms with E-state index in [9.17, 15) is 9.59 Å². The van der Waals surface area contributed by atoms with Gasteiger partial charge in [-0.2, -0.15) is 11.8 Å². The van der Waals surface area contributed by atoms with Crippen LogP contribution in [0.4, 0.5) is 4.79 Å². The highest BCUT2D eigenvalue weighted by Gasteiger charge is 2.33. The quantitative estimate of drug-likeness (QED) is 0.845. The normalized spacial score (nSPS) is 27.4. The van der Waals surface area contributed by atoms with Crippen molar-refractivity contribution >= 4 is 23.8 Å². The fraction of sp³-hybridized carbons (Fsp3) is 0.846. The van der Waals surface area contributed by atoms with Crippen LogP contribution in [0.3, 0.4) is 0 Å². The molecule has 0 aromatic heterocycles. The fourth-order valence-electron chi connectivity index (χ4n) is 2.60. The van der Waals surface area contributed by atoms with E-state index in [2.05, 4.69) is 0 Å². The van der Waals surface area contributed by atoms with Gasteiger partial charge in [0.15, 0.2) is 0 Å². The lowest BCUT2D eigenvalue weighted by Crippen LogP contribution is -2.56. The van der Waals surface area contributed by atoms with Crippen LogP contribution in [0, 0.1) is 0 Å². The maximum atomic E-state index is 12.6. The van der Waals surface area contributed by atoms with E-state index in [0.29, 0.717) is 32.0 Å². The molecule has 2 saturated heterocycles. The van der Waals surface area contributed by atoms with Crippen LogP contribution in [0.15, 0.2) is 0 Å². The number of carbonyl (C=O) groups excluding carboxylic acids is 1. The van der Waals surface area contributed by atoms with Crippen molar-refractivity contribution in [3.8, 4) is 0 Å². The van der Waals surface area contributed by atoms with E-state index in [1.165, 1.54) is 0 Å². The summed E-state index contributed by atoms with van der Waals surface area (Å²) in [7, 11) is 0. The number of hydrogen-bond acceptors (Lipinski definition) is 4. The molecule has 2 rings (SSSR count). The molecule has 0 aromatic carbocycles. The van der Waals surface area contributed by atoms with Crippen molar-refractivity contribution in [3.05, 3.63) is 0 Å². The van der Waals surface area contributed by atoms with E-state index in [1.54, 1.807) is 16.7 Å². The number of hydrogen-bond donors (Lipinski definition) is 1. The monoisotopic (exact) mass is 302 g/mol. The number of aliphatic carboxylic acids is 1. The molecule has 2 aliphatic heterocycles. The minimum Gasteiger partial charge on any atom is -0.481 e. The summed E-state index contributed by atoms with van der Waals surface area (Å²) in [5.41, 5.74) is 0. The molecule has 0 radical (unpaired) electrons. The molecule has 2 unspecified atom stereocenters. The molecular formula is C13H22N2O4S. The maximum Gasteiger partial charge on any atom is 0.320 e. The van der Waals surface area contributed by atoms with Crippen molar-refractivity contribution in [2.24, 2.45) is 0 Å². The van der Waals surface area contributed by atoms with Crippen molar-refractivity contribution in [1.29, 1.82) is 0 Å². The minimum atomic E-state index is -0.844. The molecular weight excluding hydrogens is 280 g/mol. The summed E-state index contributed by atoms with van der Waals surface area (Å²) in [6.07, 6.45) is 1.02. The van der Waals surface area contributed by atoms with Gasteiger partial charge in [-0.1, -0.05) is 6.92 Å². The Morgan fingerprint density at radius 1 is 1.40 bits per heavy atom. The second-order valence-electron chi connectivity index (χ2n) is 5.15. The van der Waals surface area contributed by atoms with Crippen LogP contribution in [0.25, 0.3) is 0 Å². The summed E-state index contributed by atoms with van der Waals surface area (Å²) in [5, 5.41) is 8.97. The Morgan fingerprint density at radius 3 is 2.90 bits per heavy atom. The Balaban J connectivity index is 1.99. The first-order valence-electron chi connectivity index (χ1n) is 7.08. The molecule has 6 nitrogen and oxygen atoms in total. The highest BCUT2D eigenvalue weighted by molar-refractivity contribution is 7.99. The highest BCUT2D eigenvalue weighted by Crippen LogP contribution is 2.21. The minimum absolute atomic E-state index is 0.0281. The van der Waals surface area contributed by atoms with Gasteiger partial charge in [-0.15, -0.1) is 0 Å². The first-order valence-corrected chi connectivity index (χ1v) is 8.24. The molecule has 2 heterocycles. The number of urea groups is 1. The second kappa shape index (κ2) is 7.17. The number of ether oxygens (including phenoxy) is 1. The van der Waals surface area contributed by atoms with Gasteiger partial charge < -0.3 is 19.6 Å². The van der Waals surface area contributed by atoms with E-state index in [4.69, 9.17) is 9.84 Å². The van der Waals surface area contributed by atoms with Crippen LogP contribution in [-0.4, -0.2) is 76.8 Å². The average molecular weight is 302 g/mol. The summed E-state index contributed by atoms with van der Waals surface area (Å²) >= 11 is 1.72. The molecule has 2 amide bonds. The highest BCUT2D eigenvalue weighted by atomic mass is 32.2. The van der Waals surface area contributed by atoms with E-state index in [0.717, 1.165) is 12.2 Å². The van der Waals surface area contributed by atoms with E-state index < -0.39 is 5.97 Å². The lowest BCUT2D eigenvalue weighted by Gasteiger charge is -2.40. The predicted molar refractivity (Wildman–Crippen MR) is 77.1 cm³/mol. The predicted octanol–water partition coefficient (Wildman–Crippen LogP) is 1.11. The van der Waals surface area contributed by atoms with Crippen molar-refractivity contribution < 1.29 is 19.4 Å². The van der Waals surface area contributed by atoms with Gasteiger partial charge in [0.25, 0.3) is 0 Å². The lowest BCUT2D eigenvalue weighted by molar-refractivity contribution is -0.138. The fourth-order valence-corrected chi connectivity index (χ4v) is 3.66. The third-order valence-electron chi connectivity index (χ3n) is 3.75. The Hall–Kier alpha value is -0.950. The number of nitrogens with zero attached hydrogens (tertiary/aromatic N) is 2. The number of thioether (sulfide) groups is 1. The number of morpholine rings is 1. The van der Waals surface area contributed by atoms with Gasteiger partial charge in [0.1, 0.15) is 0 Å². The molecule has 0 aromatic rings. The average Bonchev–Trinajstić information content (AvgIpc) is 2.46. The van der Waals surface area contributed by atoms with Crippen LogP contribution >= 0.6 is 11.8 Å². The SMILES string of the molecule is CCC1CN(C(=O)N2CCSCC2CC(=O)O)CCO1. The lowest BCUT2D eigenvalue weighted by atomic mass is 10.2. The van der Waals surface area contributed by atoms with Crippen molar-refractivity contribution in [2.75, 3.05) is 37.7 Å². The van der Waals surface area contributed by atoms with Crippen LogP contribution < -0.4 is 0 Å². The molecule has 0 bridgehead atoms. The molecule has 2 aliphatic rings.